The van der Waals surface area contributed by atoms with E-state index < -0.39 is 0 Å². The summed E-state index contributed by atoms with van der Waals surface area (Å²) in [6.45, 7) is 7.20. The number of halogens is 1. The van der Waals surface area contributed by atoms with E-state index in [1.807, 2.05) is 38.2 Å². The van der Waals surface area contributed by atoms with Gasteiger partial charge in [0.2, 0.25) is 0 Å². The van der Waals surface area contributed by atoms with Gasteiger partial charge in [-0.25, -0.2) is 0 Å². The molecule has 0 bridgehead atoms. The van der Waals surface area contributed by atoms with Gasteiger partial charge in [-0.15, -0.1) is 21.5 Å². The number of aliphatic imine (C=N–C) groups is 1. The second kappa shape index (κ2) is 7.19. The zero-order valence-electron chi connectivity index (χ0n) is 15.9. The summed E-state index contributed by atoms with van der Waals surface area (Å²) < 4.78 is 2.19. The molecule has 1 unspecified atom stereocenters. The standard InChI is InChI=1S/C20H22ClN5S/c1-11-12(2)27-20-17(11)18(14-5-7-15(21)8-6-14)23-16(9-10-22-4)19-25-24-13(3)26(19)20/h5-8,16,22H,9-10H2,1-4H3. The van der Waals surface area contributed by atoms with E-state index in [4.69, 9.17) is 16.6 Å². The third kappa shape index (κ3) is 3.12. The van der Waals surface area contributed by atoms with Crippen LogP contribution in [0.4, 0.5) is 0 Å². The second-order valence-electron chi connectivity index (χ2n) is 6.80. The Hall–Kier alpha value is -2.02. The molecule has 140 valence electrons. The highest BCUT2D eigenvalue weighted by atomic mass is 35.5. The minimum Gasteiger partial charge on any atom is -0.320 e. The average molecular weight is 400 g/mol. The first-order valence-corrected chi connectivity index (χ1v) is 10.2. The highest BCUT2D eigenvalue weighted by Gasteiger charge is 2.30. The quantitative estimate of drug-likeness (QED) is 0.707. The zero-order chi connectivity index (χ0) is 19.1. The summed E-state index contributed by atoms with van der Waals surface area (Å²) in [7, 11) is 1.96. The van der Waals surface area contributed by atoms with Crippen molar-refractivity contribution in [3.63, 3.8) is 0 Å². The number of nitrogens with zero attached hydrogens (tertiary/aromatic N) is 4. The number of rotatable bonds is 4. The fourth-order valence-corrected chi connectivity index (χ4v) is 4.81. The van der Waals surface area contributed by atoms with Crippen molar-refractivity contribution >= 4 is 28.6 Å². The maximum absolute atomic E-state index is 6.12. The van der Waals surface area contributed by atoms with Gasteiger partial charge < -0.3 is 5.32 Å². The molecule has 0 radical (unpaired) electrons. The molecule has 3 aromatic rings. The normalized spacial score (nSPS) is 15.9. The lowest BCUT2D eigenvalue weighted by molar-refractivity contribution is 0.582. The summed E-state index contributed by atoms with van der Waals surface area (Å²) in [5.74, 6) is 1.81. The lowest BCUT2D eigenvalue weighted by Crippen LogP contribution is -2.14. The maximum atomic E-state index is 6.12. The van der Waals surface area contributed by atoms with Gasteiger partial charge in [-0.1, -0.05) is 23.7 Å². The van der Waals surface area contributed by atoms with Crippen LogP contribution >= 0.6 is 22.9 Å². The van der Waals surface area contributed by atoms with Gasteiger partial charge >= 0.3 is 0 Å². The van der Waals surface area contributed by atoms with Crippen LogP contribution in [0.2, 0.25) is 5.02 Å². The molecule has 27 heavy (non-hydrogen) atoms. The Morgan fingerprint density at radius 2 is 1.89 bits per heavy atom. The molecule has 5 nitrogen and oxygen atoms in total. The van der Waals surface area contributed by atoms with Crippen molar-refractivity contribution in [3.05, 3.63) is 62.5 Å². The Labute approximate surface area is 168 Å². The van der Waals surface area contributed by atoms with Crippen molar-refractivity contribution in [2.75, 3.05) is 13.6 Å². The van der Waals surface area contributed by atoms with E-state index >= 15 is 0 Å². The van der Waals surface area contributed by atoms with E-state index in [2.05, 4.69) is 33.9 Å². The monoisotopic (exact) mass is 399 g/mol. The molecule has 1 aliphatic heterocycles. The smallest absolute Gasteiger partial charge is 0.163 e. The predicted molar refractivity (Wildman–Crippen MR) is 112 cm³/mol. The summed E-state index contributed by atoms with van der Waals surface area (Å²) >= 11 is 7.90. The predicted octanol–water partition coefficient (Wildman–Crippen LogP) is 4.41. The fourth-order valence-electron chi connectivity index (χ4n) is 3.47. The molecule has 0 spiro atoms. The third-order valence-electron chi connectivity index (χ3n) is 5.02. The molecule has 1 aliphatic rings. The zero-order valence-corrected chi connectivity index (χ0v) is 17.4. The van der Waals surface area contributed by atoms with Crippen LogP contribution in [0.15, 0.2) is 29.3 Å². The minimum absolute atomic E-state index is 0.0522. The van der Waals surface area contributed by atoms with Crippen LogP contribution in [0.1, 0.15) is 45.7 Å². The van der Waals surface area contributed by atoms with Gasteiger partial charge in [0.05, 0.1) is 5.71 Å². The number of aryl methyl sites for hydroxylation is 2. The lowest BCUT2D eigenvalue weighted by atomic mass is 9.99. The van der Waals surface area contributed by atoms with Crippen molar-refractivity contribution in [2.24, 2.45) is 4.99 Å². The Balaban J connectivity index is 1.99. The number of thiophene rings is 1. The number of hydrogen-bond acceptors (Lipinski definition) is 5. The lowest BCUT2D eigenvalue weighted by Gasteiger charge is -2.12. The van der Waals surface area contributed by atoms with Crippen molar-refractivity contribution in [2.45, 2.75) is 33.2 Å². The molecule has 2 aromatic heterocycles. The molecule has 0 saturated heterocycles. The molecule has 7 heteroatoms. The molecular formula is C20H22ClN5S. The van der Waals surface area contributed by atoms with E-state index in [1.54, 1.807) is 11.3 Å². The number of aromatic nitrogens is 3. The summed E-state index contributed by atoms with van der Waals surface area (Å²) in [5, 5.41) is 14.0. The second-order valence-corrected chi connectivity index (χ2v) is 8.44. The molecule has 1 aromatic carbocycles. The van der Waals surface area contributed by atoms with Gasteiger partial charge in [0, 0.05) is 21.0 Å². The molecular weight excluding hydrogens is 378 g/mol. The first-order valence-electron chi connectivity index (χ1n) is 9.02. The number of hydrogen-bond donors (Lipinski definition) is 1. The molecule has 0 fully saturated rings. The Bertz CT molecular complexity index is 1020. The van der Waals surface area contributed by atoms with Crippen LogP contribution in [0, 0.1) is 20.8 Å². The molecule has 0 aliphatic carbocycles. The first kappa shape index (κ1) is 18.3. The topological polar surface area (TPSA) is 55.1 Å². The van der Waals surface area contributed by atoms with Crippen LogP contribution < -0.4 is 5.32 Å². The van der Waals surface area contributed by atoms with Crippen LogP contribution in [0.5, 0.6) is 0 Å². The average Bonchev–Trinajstić information content (AvgIpc) is 3.12. The third-order valence-corrected chi connectivity index (χ3v) is 6.47. The Morgan fingerprint density at radius 3 is 2.59 bits per heavy atom. The van der Waals surface area contributed by atoms with Gasteiger partial charge in [0.25, 0.3) is 0 Å². The van der Waals surface area contributed by atoms with Crippen LogP contribution in [0.3, 0.4) is 0 Å². The van der Waals surface area contributed by atoms with E-state index in [1.165, 1.54) is 16.0 Å². The molecule has 0 amide bonds. The minimum atomic E-state index is -0.0522. The maximum Gasteiger partial charge on any atom is 0.163 e. The highest BCUT2D eigenvalue weighted by Crippen LogP contribution is 2.39. The van der Waals surface area contributed by atoms with Crippen LogP contribution in [0.25, 0.3) is 5.00 Å². The van der Waals surface area contributed by atoms with Crippen molar-refractivity contribution in [1.82, 2.24) is 20.1 Å². The van der Waals surface area contributed by atoms with Gasteiger partial charge in [0.15, 0.2) is 5.82 Å². The van der Waals surface area contributed by atoms with Gasteiger partial charge in [0.1, 0.15) is 16.9 Å². The van der Waals surface area contributed by atoms with Gasteiger partial charge in [-0.2, -0.15) is 0 Å². The SMILES string of the molecule is CNCCC1N=C(c2ccc(Cl)cc2)c2c(sc(C)c2C)-n2c(C)nnc21. The first-order chi connectivity index (χ1) is 13.0. The summed E-state index contributed by atoms with van der Waals surface area (Å²) in [6.07, 6.45) is 0.860. The number of benzene rings is 1. The molecule has 4 rings (SSSR count). The number of nitrogens with one attached hydrogen (secondary N) is 1. The van der Waals surface area contributed by atoms with Crippen LogP contribution in [-0.4, -0.2) is 34.1 Å². The molecule has 3 heterocycles. The van der Waals surface area contributed by atoms with Gasteiger partial charge in [-0.05, 0) is 58.5 Å². The van der Waals surface area contributed by atoms with Crippen molar-refractivity contribution in [1.29, 1.82) is 0 Å². The van der Waals surface area contributed by atoms with Gasteiger partial charge in [-0.3, -0.25) is 9.56 Å². The van der Waals surface area contributed by atoms with E-state index in [0.717, 1.165) is 45.9 Å². The van der Waals surface area contributed by atoms with E-state index in [-0.39, 0.29) is 6.04 Å². The summed E-state index contributed by atoms with van der Waals surface area (Å²) in [6, 6.07) is 7.89. The molecule has 0 saturated carbocycles. The Morgan fingerprint density at radius 1 is 1.15 bits per heavy atom. The van der Waals surface area contributed by atoms with Crippen molar-refractivity contribution < 1.29 is 0 Å². The Kier molecular flexibility index (Phi) is 4.88. The van der Waals surface area contributed by atoms with E-state index in [9.17, 15) is 0 Å². The van der Waals surface area contributed by atoms with Crippen molar-refractivity contribution in [3.8, 4) is 5.00 Å². The van der Waals surface area contributed by atoms with E-state index in [0.29, 0.717) is 0 Å². The highest BCUT2D eigenvalue weighted by molar-refractivity contribution is 7.15. The van der Waals surface area contributed by atoms with Crippen LogP contribution in [-0.2, 0) is 0 Å². The summed E-state index contributed by atoms with van der Waals surface area (Å²) in [4.78, 5) is 6.49. The fraction of sp³-hybridized carbons (Fsp3) is 0.350. The largest absolute Gasteiger partial charge is 0.320 e. The molecule has 1 N–H and O–H groups in total. The number of fused-ring (bicyclic) bond motifs is 3. The summed E-state index contributed by atoms with van der Waals surface area (Å²) in [5.41, 5.74) is 4.52. The molecule has 1 atom stereocenters.